The number of aromatic nitrogens is 3. The van der Waals surface area contributed by atoms with Crippen LogP contribution in [0.2, 0.25) is 5.02 Å². The van der Waals surface area contributed by atoms with Crippen LogP contribution in [-0.2, 0) is 0 Å². The van der Waals surface area contributed by atoms with Gasteiger partial charge in [-0.2, -0.15) is 9.78 Å². The number of halogens is 1. The standard InChI is InChI=1S/C23H23ClN4O2S/c1-4-5-11-30-17-8-6-7-16(13-17)22(29)25-19-12-15(3)27-28(19)23-26-20-14(2)9-10-18(24)21(20)31-23/h6-10,12-13H,4-5,11H2,1-3H3,(H,25,29). The number of unbranched alkanes of at least 4 members (excludes halogenated alkanes) is 1. The van der Waals surface area contributed by atoms with Gasteiger partial charge in [0, 0.05) is 11.6 Å². The van der Waals surface area contributed by atoms with Crippen LogP contribution in [0.15, 0.2) is 42.5 Å². The number of hydrogen-bond donors (Lipinski definition) is 1. The Balaban J connectivity index is 1.61. The van der Waals surface area contributed by atoms with Crippen LogP contribution in [0, 0.1) is 13.8 Å². The summed E-state index contributed by atoms with van der Waals surface area (Å²) in [6, 6.07) is 12.8. The fourth-order valence-corrected chi connectivity index (χ4v) is 4.45. The molecule has 0 fully saturated rings. The number of fused-ring (bicyclic) bond motifs is 1. The lowest BCUT2D eigenvalue weighted by atomic mass is 10.2. The molecule has 0 unspecified atom stereocenters. The van der Waals surface area contributed by atoms with Crippen LogP contribution < -0.4 is 10.1 Å². The fourth-order valence-electron chi connectivity index (χ4n) is 3.17. The molecule has 0 radical (unpaired) electrons. The lowest BCUT2D eigenvalue weighted by Crippen LogP contribution is -2.15. The van der Waals surface area contributed by atoms with E-state index in [1.54, 1.807) is 16.8 Å². The summed E-state index contributed by atoms with van der Waals surface area (Å²) in [6.45, 7) is 6.61. The van der Waals surface area contributed by atoms with Crippen LogP contribution in [0.25, 0.3) is 15.3 Å². The van der Waals surface area contributed by atoms with Crippen LogP contribution in [0.5, 0.6) is 5.75 Å². The molecule has 6 nitrogen and oxygen atoms in total. The molecule has 1 amide bonds. The summed E-state index contributed by atoms with van der Waals surface area (Å²) in [5.74, 6) is 0.993. The Hall–Kier alpha value is -2.90. The fraction of sp³-hybridized carbons (Fsp3) is 0.261. The molecule has 8 heteroatoms. The topological polar surface area (TPSA) is 69.0 Å². The summed E-state index contributed by atoms with van der Waals surface area (Å²) < 4.78 is 8.27. The Kier molecular flexibility index (Phi) is 6.25. The minimum absolute atomic E-state index is 0.239. The van der Waals surface area contributed by atoms with Gasteiger partial charge in [-0.05, 0) is 50.1 Å². The number of hydrogen-bond acceptors (Lipinski definition) is 5. The zero-order chi connectivity index (χ0) is 22.0. The molecule has 4 aromatic rings. The van der Waals surface area contributed by atoms with Gasteiger partial charge in [0.15, 0.2) is 0 Å². The van der Waals surface area contributed by atoms with Crippen LogP contribution in [0.4, 0.5) is 5.82 Å². The number of rotatable bonds is 7. The Morgan fingerprint density at radius 2 is 2.06 bits per heavy atom. The van der Waals surface area contributed by atoms with E-state index in [-0.39, 0.29) is 5.91 Å². The summed E-state index contributed by atoms with van der Waals surface area (Å²) in [7, 11) is 0. The third-order valence-corrected chi connectivity index (χ3v) is 6.29. The number of thiazole rings is 1. The van der Waals surface area contributed by atoms with Crippen LogP contribution in [0.1, 0.15) is 41.4 Å². The van der Waals surface area contributed by atoms with E-state index >= 15 is 0 Å². The highest BCUT2D eigenvalue weighted by Crippen LogP contribution is 2.34. The van der Waals surface area contributed by atoms with Crippen molar-refractivity contribution in [2.24, 2.45) is 0 Å². The van der Waals surface area contributed by atoms with E-state index in [0.29, 0.717) is 33.9 Å². The normalized spacial score (nSPS) is 11.1. The van der Waals surface area contributed by atoms with Gasteiger partial charge in [-0.3, -0.25) is 4.79 Å². The molecule has 2 aromatic carbocycles. The number of nitrogens with zero attached hydrogens (tertiary/aromatic N) is 3. The molecule has 31 heavy (non-hydrogen) atoms. The summed E-state index contributed by atoms with van der Waals surface area (Å²) in [5.41, 5.74) is 3.17. The van der Waals surface area contributed by atoms with Crippen LogP contribution in [0.3, 0.4) is 0 Å². The first kappa shape index (κ1) is 21.3. The van der Waals surface area contributed by atoms with E-state index in [4.69, 9.17) is 21.3 Å². The van der Waals surface area contributed by atoms with Gasteiger partial charge in [0.05, 0.1) is 27.5 Å². The zero-order valence-electron chi connectivity index (χ0n) is 17.6. The lowest BCUT2D eigenvalue weighted by molar-refractivity contribution is 0.102. The molecular weight excluding hydrogens is 432 g/mol. The monoisotopic (exact) mass is 454 g/mol. The molecule has 0 spiro atoms. The van der Waals surface area contributed by atoms with Crippen molar-refractivity contribution >= 4 is 44.9 Å². The van der Waals surface area contributed by atoms with E-state index in [1.165, 1.54) is 11.3 Å². The molecule has 2 heterocycles. The van der Waals surface area contributed by atoms with E-state index < -0.39 is 0 Å². The molecule has 0 bridgehead atoms. The number of anilines is 1. The molecule has 0 aliphatic rings. The molecule has 0 saturated heterocycles. The molecule has 4 rings (SSSR count). The number of carbonyl (C=O) groups is 1. The molecular formula is C23H23ClN4O2S. The first-order valence-electron chi connectivity index (χ1n) is 10.1. The second kappa shape index (κ2) is 9.08. The minimum Gasteiger partial charge on any atom is -0.494 e. The second-order valence-electron chi connectivity index (χ2n) is 7.31. The number of nitrogens with one attached hydrogen (secondary N) is 1. The van der Waals surface area contributed by atoms with E-state index in [0.717, 1.165) is 34.3 Å². The van der Waals surface area contributed by atoms with Crippen molar-refractivity contribution in [2.75, 3.05) is 11.9 Å². The summed E-state index contributed by atoms with van der Waals surface area (Å²) in [6.07, 6.45) is 2.03. The SMILES string of the molecule is CCCCOc1cccc(C(=O)Nc2cc(C)nn2-c2nc3c(C)ccc(Cl)c3s2)c1. The van der Waals surface area contributed by atoms with Crippen molar-refractivity contribution in [3.63, 3.8) is 0 Å². The van der Waals surface area contributed by atoms with Gasteiger partial charge in [0.1, 0.15) is 11.6 Å². The predicted molar refractivity (Wildman–Crippen MR) is 126 cm³/mol. The van der Waals surface area contributed by atoms with Crippen LogP contribution in [-0.4, -0.2) is 27.3 Å². The van der Waals surface area contributed by atoms with E-state index in [9.17, 15) is 4.79 Å². The maximum atomic E-state index is 12.9. The van der Waals surface area contributed by atoms with Gasteiger partial charge in [-0.25, -0.2) is 4.98 Å². The average molecular weight is 455 g/mol. The maximum absolute atomic E-state index is 12.9. The first-order chi connectivity index (χ1) is 15.0. The largest absolute Gasteiger partial charge is 0.494 e. The van der Waals surface area contributed by atoms with E-state index in [1.807, 2.05) is 44.2 Å². The Morgan fingerprint density at radius 3 is 2.84 bits per heavy atom. The second-order valence-corrected chi connectivity index (χ2v) is 8.69. The molecule has 0 aliphatic carbocycles. The van der Waals surface area contributed by atoms with Crippen molar-refractivity contribution in [1.29, 1.82) is 0 Å². The minimum atomic E-state index is -0.239. The van der Waals surface area contributed by atoms with Gasteiger partial charge in [0.2, 0.25) is 5.13 Å². The highest BCUT2D eigenvalue weighted by atomic mass is 35.5. The maximum Gasteiger partial charge on any atom is 0.256 e. The summed E-state index contributed by atoms with van der Waals surface area (Å²) >= 11 is 7.80. The average Bonchev–Trinajstić information content (AvgIpc) is 3.36. The number of aryl methyl sites for hydroxylation is 2. The Bertz CT molecular complexity index is 1210. The van der Waals surface area contributed by atoms with Crippen molar-refractivity contribution in [2.45, 2.75) is 33.6 Å². The van der Waals surface area contributed by atoms with Crippen molar-refractivity contribution in [1.82, 2.24) is 14.8 Å². The third kappa shape index (κ3) is 4.57. The predicted octanol–water partition coefficient (Wildman–Crippen LogP) is 6.18. The van der Waals surface area contributed by atoms with Gasteiger partial charge in [0.25, 0.3) is 5.91 Å². The van der Waals surface area contributed by atoms with Crippen molar-refractivity contribution in [3.05, 3.63) is 64.3 Å². The molecule has 1 N–H and O–H groups in total. The van der Waals surface area contributed by atoms with Gasteiger partial charge in [-0.15, -0.1) is 0 Å². The Morgan fingerprint density at radius 1 is 1.23 bits per heavy atom. The number of carbonyl (C=O) groups excluding carboxylic acids is 1. The summed E-state index contributed by atoms with van der Waals surface area (Å²) in [5, 5.41) is 8.78. The van der Waals surface area contributed by atoms with Gasteiger partial charge in [-0.1, -0.05) is 48.4 Å². The van der Waals surface area contributed by atoms with Crippen LogP contribution >= 0.6 is 22.9 Å². The molecule has 0 atom stereocenters. The summed E-state index contributed by atoms with van der Waals surface area (Å²) in [4.78, 5) is 17.6. The quantitative estimate of drug-likeness (QED) is 0.338. The van der Waals surface area contributed by atoms with E-state index in [2.05, 4.69) is 17.3 Å². The molecule has 2 aromatic heterocycles. The molecule has 160 valence electrons. The highest BCUT2D eigenvalue weighted by Gasteiger charge is 2.17. The molecule has 0 saturated carbocycles. The number of benzene rings is 2. The number of ether oxygens (including phenoxy) is 1. The first-order valence-corrected chi connectivity index (χ1v) is 11.3. The lowest BCUT2D eigenvalue weighted by Gasteiger charge is -2.09. The van der Waals surface area contributed by atoms with Gasteiger partial charge >= 0.3 is 0 Å². The Labute approximate surface area is 189 Å². The smallest absolute Gasteiger partial charge is 0.256 e. The zero-order valence-corrected chi connectivity index (χ0v) is 19.2. The van der Waals surface area contributed by atoms with Crippen molar-refractivity contribution < 1.29 is 9.53 Å². The number of amides is 1. The van der Waals surface area contributed by atoms with Crippen molar-refractivity contribution in [3.8, 4) is 10.9 Å². The van der Waals surface area contributed by atoms with Gasteiger partial charge < -0.3 is 10.1 Å². The third-order valence-electron chi connectivity index (χ3n) is 4.80. The highest BCUT2D eigenvalue weighted by molar-refractivity contribution is 7.21. The molecule has 0 aliphatic heterocycles.